The number of nitrogens with zero attached hydrogens (tertiary/aromatic N) is 3. The molecule has 518 valence electrons. The number of benzene rings is 3. The minimum Gasteiger partial charge on any atom is -0.466 e. The molecule has 0 bridgehead atoms. The lowest BCUT2D eigenvalue weighted by molar-refractivity contribution is -0.297. The third-order valence-corrected chi connectivity index (χ3v) is 16.2. The summed E-state index contributed by atoms with van der Waals surface area (Å²) in [5.41, 5.74) is -9.55. The zero-order chi connectivity index (χ0) is 70.1. The van der Waals surface area contributed by atoms with Gasteiger partial charge in [-0.3, -0.25) is 39.0 Å². The van der Waals surface area contributed by atoms with E-state index in [-0.39, 0.29) is 12.5 Å². The fraction of sp³-hybridized carbons (Fsp3) is 0.492. The summed E-state index contributed by atoms with van der Waals surface area (Å²) in [6, 6.07) is 8.05. The van der Waals surface area contributed by atoms with Crippen molar-refractivity contribution in [3.8, 4) is 0 Å². The molecule has 7 rings (SSSR count). The van der Waals surface area contributed by atoms with Crippen LogP contribution in [-0.2, 0) is 93.1 Å². The van der Waals surface area contributed by atoms with E-state index in [2.05, 4.69) is 31.6 Å². The third kappa shape index (κ3) is 15.6. The molecule has 4 saturated heterocycles. The van der Waals surface area contributed by atoms with Crippen molar-refractivity contribution in [3.63, 3.8) is 0 Å². The first-order chi connectivity index (χ1) is 44.7. The van der Waals surface area contributed by atoms with Gasteiger partial charge in [-0.15, -0.1) is 11.6 Å². The highest BCUT2D eigenvalue weighted by molar-refractivity contribution is 6.21. The average Bonchev–Trinajstić information content (AvgIpc) is 0.775. The number of hydrazine groups is 3. The van der Waals surface area contributed by atoms with Crippen molar-refractivity contribution in [1.29, 1.82) is 0 Å². The van der Waals surface area contributed by atoms with Crippen LogP contribution < -0.4 is 26.9 Å². The number of carbonyl (C=O) groups excluding carboxylic acids is 9. The number of hydrogen-bond donors (Lipinski definition) is 5. The van der Waals surface area contributed by atoms with Gasteiger partial charge >= 0.3 is 42.4 Å². The fourth-order valence-electron chi connectivity index (χ4n) is 11.0. The molecule has 0 radical (unpaired) electrons. The molecule has 95 heavy (non-hydrogen) atoms. The molecule has 4 aliphatic rings. The minimum atomic E-state index is -5.66. The van der Waals surface area contributed by atoms with E-state index in [1.165, 1.54) is 42.5 Å². The van der Waals surface area contributed by atoms with Crippen molar-refractivity contribution in [1.82, 2.24) is 41.9 Å². The largest absolute Gasteiger partial charge is 0.466 e. The molecule has 11 atom stereocenters. The van der Waals surface area contributed by atoms with E-state index in [4.69, 9.17) is 40.0 Å². The third-order valence-electron chi connectivity index (χ3n) is 15.9. The molecule has 3 aromatic carbocycles. The van der Waals surface area contributed by atoms with Gasteiger partial charge in [-0.1, -0.05) is 129 Å². The Bertz CT molecular complexity index is 3340. The molecule has 0 spiro atoms. The SMILES string of the molecule is COC(=O)[C@@](OC1CNN2C(=O)[C@H]3C[C@H](Cl)CNN3C(=O)[C@H](C/C=C/C=C/C(C)C)NC(=O)[C@H]3C[C@@H](OC(=O)[C@@](OC)(c4ccccc4)C(F)(F)F)CNN3C(=O)COC(=O)[C@](C)(COC(=O)[C@@](OC)(c3ccccc3)C(F)(F)F)NC(=O)[C@@H]2C1)(c1ccccc1)C(F)(F)F. The average molecular weight is 1380 g/mol. The molecule has 1 unspecified atom stereocenters. The molecule has 3 aromatic rings. The number of methoxy groups -OCH3 is 3. The van der Waals surface area contributed by atoms with Gasteiger partial charge in [0.1, 0.15) is 36.9 Å². The van der Waals surface area contributed by atoms with Crippen LogP contribution in [-0.4, -0.2) is 188 Å². The van der Waals surface area contributed by atoms with Crippen LogP contribution >= 0.6 is 11.6 Å². The summed E-state index contributed by atoms with van der Waals surface area (Å²) in [6.45, 7) is -0.841. The van der Waals surface area contributed by atoms with Gasteiger partial charge in [-0.25, -0.2) is 35.5 Å². The lowest BCUT2D eigenvalue weighted by atomic mass is 9.91. The van der Waals surface area contributed by atoms with Gasteiger partial charge in [-0.05, 0) is 25.7 Å². The Kier molecular flexibility index (Phi) is 23.6. The Labute approximate surface area is 542 Å². The zero-order valence-electron chi connectivity index (χ0n) is 51.6. The quantitative estimate of drug-likeness (QED) is 0.0404. The maximum absolute atomic E-state index is 15.6. The van der Waals surface area contributed by atoms with Crippen molar-refractivity contribution >= 4 is 65.0 Å². The number of halogens is 10. The van der Waals surface area contributed by atoms with Crippen LogP contribution in [0, 0.1) is 5.92 Å². The zero-order valence-corrected chi connectivity index (χ0v) is 52.4. The minimum absolute atomic E-state index is 0.0113. The van der Waals surface area contributed by atoms with E-state index in [0.717, 1.165) is 60.7 Å². The summed E-state index contributed by atoms with van der Waals surface area (Å²) in [5.74, 6) is -15.0. The summed E-state index contributed by atoms with van der Waals surface area (Å²) < 4.78 is 174. The molecular weight excluding hydrogens is 1310 g/mol. The Balaban J connectivity index is 1.36. The molecule has 4 heterocycles. The predicted octanol–water partition coefficient (Wildman–Crippen LogP) is 4.66. The first-order valence-corrected chi connectivity index (χ1v) is 29.7. The number of fused-ring (bicyclic) bond motifs is 3. The summed E-state index contributed by atoms with van der Waals surface area (Å²) in [6.07, 6.45) is -17.3. The summed E-state index contributed by atoms with van der Waals surface area (Å²) in [5, 5.41) is 5.24. The van der Waals surface area contributed by atoms with Gasteiger partial charge in [0.25, 0.3) is 34.5 Å². The molecule has 24 nitrogen and oxygen atoms in total. The monoisotopic (exact) mass is 1370 g/mol. The van der Waals surface area contributed by atoms with E-state index in [1.807, 2.05) is 13.8 Å². The van der Waals surface area contributed by atoms with Crippen molar-refractivity contribution in [2.75, 3.05) is 54.2 Å². The van der Waals surface area contributed by atoms with Crippen LogP contribution in [0.3, 0.4) is 0 Å². The molecule has 0 saturated carbocycles. The van der Waals surface area contributed by atoms with Crippen LogP contribution in [0.4, 0.5) is 39.5 Å². The highest BCUT2D eigenvalue weighted by Gasteiger charge is 2.68. The molecule has 4 aliphatic heterocycles. The van der Waals surface area contributed by atoms with Crippen LogP contribution in [0.25, 0.3) is 0 Å². The maximum Gasteiger partial charge on any atom is 0.432 e. The first-order valence-electron chi connectivity index (χ1n) is 29.2. The van der Waals surface area contributed by atoms with E-state index >= 15 is 53.9 Å². The number of cyclic esters (lactones) is 1. The number of ether oxygens (including phenoxy) is 7. The van der Waals surface area contributed by atoms with Crippen molar-refractivity contribution in [2.45, 2.75) is 129 Å². The Hall–Kier alpha value is -8.21. The van der Waals surface area contributed by atoms with E-state index < -0.39 is 205 Å². The second-order valence-corrected chi connectivity index (χ2v) is 23.4. The van der Waals surface area contributed by atoms with Gasteiger partial charge in [0.05, 0.1) is 25.1 Å². The van der Waals surface area contributed by atoms with E-state index in [1.54, 1.807) is 12.2 Å². The van der Waals surface area contributed by atoms with Crippen molar-refractivity contribution < 1.29 is 116 Å². The Morgan fingerprint density at radius 2 is 1.11 bits per heavy atom. The number of amides is 5. The molecule has 5 N–H and O–H groups in total. The Morgan fingerprint density at radius 3 is 1.63 bits per heavy atom. The molecule has 34 heteroatoms. The van der Waals surface area contributed by atoms with Gasteiger partial charge in [-0.2, -0.15) is 39.5 Å². The van der Waals surface area contributed by atoms with Crippen LogP contribution in [0.1, 0.15) is 63.1 Å². The fourth-order valence-corrected chi connectivity index (χ4v) is 11.3. The normalized spacial score (nSPS) is 25.9. The van der Waals surface area contributed by atoms with Gasteiger partial charge in [0, 0.05) is 56.8 Å². The highest BCUT2D eigenvalue weighted by atomic mass is 35.5. The van der Waals surface area contributed by atoms with E-state index in [0.29, 0.717) is 43.3 Å². The van der Waals surface area contributed by atoms with Gasteiger partial charge in [0.2, 0.25) is 11.8 Å². The molecule has 4 fully saturated rings. The second kappa shape index (κ2) is 30.3. The number of rotatable bonds is 17. The number of allylic oxidation sites excluding steroid dienone is 3. The molecule has 0 aliphatic carbocycles. The van der Waals surface area contributed by atoms with Crippen molar-refractivity contribution in [3.05, 3.63) is 132 Å². The number of alkyl halides is 10. The van der Waals surface area contributed by atoms with Gasteiger partial charge < -0.3 is 43.8 Å². The van der Waals surface area contributed by atoms with E-state index in [9.17, 15) is 28.8 Å². The van der Waals surface area contributed by atoms with Crippen LogP contribution in [0.2, 0.25) is 0 Å². The van der Waals surface area contributed by atoms with Crippen LogP contribution in [0.15, 0.2) is 115 Å². The summed E-state index contributed by atoms with van der Waals surface area (Å²) in [7, 11) is 1.71. The van der Waals surface area contributed by atoms with Gasteiger partial charge in [0.15, 0.2) is 12.1 Å². The number of carbonyl (C=O) groups is 9. The summed E-state index contributed by atoms with van der Waals surface area (Å²) in [4.78, 5) is 132. The molecule has 0 aromatic heterocycles. The smallest absolute Gasteiger partial charge is 0.432 e. The lowest BCUT2D eigenvalue weighted by Crippen LogP contribution is -2.72. The first kappa shape index (κ1) is 74.2. The lowest BCUT2D eigenvalue weighted by Gasteiger charge is -2.46. The Morgan fingerprint density at radius 1 is 0.621 bits per heavy atom. The standard InChI is InChI=1S/C61H68ClF9N8O16/c1-35(2)19-11-7-18-26-42-49(83)79-45(27-39(62)30-72-79)50(84)78-44(29-41(32-74-78)95-58(52(86)89-4,61(69,70)71)38-24-16-10-17-25-38)48(82)76-55(3,34-93-53(87)56(90-5,59(63,64)65)36-20-12-8-13-21-36)51(85)92-33-46(80)77-43(47(81)75-42)28-40(31-73-77)94-54(88)57(91-6,60(66,67)68)37-22-14-9-15-23-37/h7-25,35,39-45,72-74H,26-34H2,1-6H3,(H,75,81)(H,76,82)/b18-7+,19-11+/t39-,40+,41?,42-,43+,44-,45+,55-,56-,57-,58-/m0/s1. The number of hydrogen-bond acceptors (Lipinski definition) is 19. The molecular formula is C61H68ClF9N8O16. The van der Waals surface area contributed by atoms with Crippen LogP contribution in [0.5, 0.6) is 0 Å². The second-order valence-electron chi connectivity index (χ2n) is 22.7. The van der Waals surface area contributed by atoms with Crippen molar-refractivity contribution in [2.24, 2.45) is 5.92 Å². The summed E-state index contributed by atoms with van der Waals surface area (Å²) >= 11 is 6.65. The topological polar surface area (TPSA) is 288 Å². The maximum atomic E-state index is 15.6. The highest BCUT2D eigenvalue weighted by Crippen LogP contribution is 2.47. The number of nitrogens with one attached hydrogen (secondary N) is 5. The molecule has 5 amide bonds. The predicted molar refractivity (Wildman–Crippen MR) is 311 cm³/mol. The number of esters is 4.